The molecule has 4 aliphatic carbocycles. The standard InChI is InChI=1S/C29H42O9/c1-15-9-23(31)29(34)25(36-15)37-21-11-17-3-4-20-19(27(17,14-30)12-22(21)38-29)5-7-26(2)18(6-8-28(20,26)33)16-10-24(32)35-13-16/h10,15,17-23,25,30-31,33-34H,3-9,11-14H2,1-2H3. The first-order valence-electron chi connectivity index (χ1n) is 14.6. The number of carbonyl (C=O) groups is 1. The summed E-state index contributed by atoms with van der Waals surface area (Å²) in [5.74, 6) is -1.73. The maximum atomic E-state index is 12.5. The fraction of sp³-hybridized carbons (Fsp3) is 0.897. The number of hydrogen-bond donors (Lipinski definition) is 4. The molecule has 38 heavy (non-hydrogen) atoms. The van der Waals surface area contributed by atoms with E-state index in [0.29, 0.717) is 25.9 Å². The van der Waals surface area contributed by atoms with Gasteiger partial charge in [0.05, 0.1) is 23.9 Å². The van der Waals surface area contributed by atoms with Crippen LogP contribution in [-0.4, -0.2) is 81.7 Å². The quantitative estimate of drug-likeness (QED) is 0.309. The SMILES string of the molecule is CC1CC(O)C2(O)OC3CC4(CO)C(CCC5C4CCC4(C)C(C6=CC(=O)OC6)CCC54O)CC3OC2O1. The fourth-order valence-electron chi connectivity index (χ4n) is 10.4. The number of aliphatic hydroxyl groups excluding tert-OH is 2. The van der Waals surface area contributed by atoms with Crippen LogP contribution >= 0.6 is 0 Å². The molecule has 0 radical (unpaired) electrons. The number of rotatable bonds is 2. The predicted octanol–water partition coefficient (Wildman–Crippen LogP) is 1.79. The molecule has 4 N–H and O–H groups in total. The van der Waals surface area contributed by atoms with E-state index >= 15 is 0 Å². The van der Waals surface area contributed by atoms with Crippen LogP contribution in [0.25, 0.3) is 0 Å². The Balaban J connectivity index is 1.18. The number of hydrogen-bond acceptors (Lipinski definition) is 9. The molecule has 212 valence electrons. The first-order valence-corrected chi connectivity index (χ1v) is 14.6. The van der Waals surface area contributed by atoms with Crippen molar-refractivity contribution >= 4 is 5.97 Å². The zero-order valence-electron chi connectivity index (χ0n) is 22.4. The molecule has 0 aromatic rings. The van der Waals surface area contributed by atoms with Crippen molar-refractivity contribution in [3.63, 3.8) is 0 Å². The number of esters is 1. The Bertz CT molecular complexity index is 1030. The van der Waals surface area contributed by atoms with Crippen molar-refractivity contribution in [2.45, 2.75) is 114 Å². The molecule has 3 aliphatic heterocycles. The van der Waals surface area contributed by atoms with Crippen molar-refractivity contribution in [3.05, 3.63) is 11.6 Å². The molecule has 3 heterocycles. The van der Waals surface area contributed by atoms with Crippen molar-refractivity contribution in [1.82, 2.24) is 0 Å². The molecule has 0 aromatic heterocycles. The lowest BCUT2D eigenvalue weighted by Gasteiger charge is -2.66. The zero-order valence-corrected chi connectivity index (χ0v) is 22.4. The fourth-order valence-corrected chi connectivity index (χ4v) is 10.4. The lowest BCUT2D eigenvalue weighted by molar-refractivity contribution is -0.459. The van der Waals surface area contributed by atoms with Crippen molar-refractivity contribution in [3.8, 4) is 0 Å². The smallest absolute Gasteiger partial charge is 0.331 e. The summed E-state index contributed by atoms with van der Waals surface area (Å²) in [6, 6.07) is 0. The van der Waals surface area contributed by atoms with Crippen LogP contribution in [0.5, 0.6) is 0 Å². The summed E-state index contributed by atoms with van der Waals surface area (Å²) < 4.78 is 23.6. The molecule has 13 unspecified atom stereocenters. The van der Waals surface area contributed by atoms with Gasteiger partial charge >= 0.3 is 5.97 Å². The van der Waals surface area contributed by atoms with Gasteiger partial charge in [0.1, 0.15) is 12.7 Å². The Morgan fingerprint density at radius 3 is 2.58 bits per heavy atom. The Labute approximate surface area is 223 Å². The Morgan fingerprint density at radius 1 is 1.03 bits per heavy atom. The maximum absolute atomic E-state index is 12.5. The van der Waals surface area contributed by atoms with Gasteiger partial charge < -0.3 is 39.4 Å². The average molecular weight is 535 g/mol. The van der Waals surface area contributed by atoms with Gasteiger partial charge in [0.15, 0.2) is 0 Å². The van der Waals surface area contributed by atoms with E-state index in [-0.39, 0.29) is 60.3 Å². The molecule has 9 nitrogen and oxygen atoms in total. The van der Waals surface area contributed by atoms with Crippen molar-refractivity contribution < 1.29 is 44.2 Å². The third-order valence-electron chi connectivity index (χ3n) is 12.3. The van der Waals surface area contributed by atoms with Gasteiger partial charge in [-0.3, -0.25) is 0 Å². The van der Waals surface area contributed by atoms with Crippen LogP contribution in [0.2, 0.25) is 0 Å². The van der Waals surface area contributed by atoms with Gasteiger partial charge in [-0.2, -0.15) is 0 Å². The molecule has 4 saturated carbocycles. The Morgan fingerprint density at radius 2 is 1.84 bits per heavy atom. The van der Waals surface area contributed by atoms with Gasteiger partial charge in [-0.25, -0.2) is 4.79 Å². The van der Waals surface area contributed by atoms with Crippen LogP contribution in [0.1, 0.15) is 71.6 Å². The first kappa shape index (κ1) is 25.9. The largest absolute Gasteiger partial charge is 0.458 e. The van der Waals surface area contributed by atoms with Gasteiger partial charge in [-0.15, -0.1) is 0 Å². The molecule has 6 fully saturated rings. The van der Waals surface area contributed by atoms with Crippen molar-refractivity contribution in [2.75, 3.05) is 13.2 Å². The number of cyclic esters (lactones) is 1. The number of aliphatic hydroxyl groups is 4. The summed E-state index contributed by atoms with van der Waals surface area (Å²) >= 11 is 0. The van der Waals surface area contributed by atoms with Crippen molar-refractivity contribution in [1.29, 1.82) is 0 Å². The Kier molecular flexibility index (Phi) is 5.77. The summed E-state index contributed by atoms with van der Waals surface area (Å²) in [5, 5.41) is 45.5. The van der Waals surface area contributed by atoms with E-state index in [0.717, 1.165) is 37.7 Å². The summed E-state index contributed by atoms with van der Waals surface area (Å²) in [5.41, 5.74) is -0.670. The minimum atomic E-state index is -1.93. The minimum Gasteiger partial charge on any atom is -0.458 e. The van der Waals surface area contributed by atoms with Gasteiger partial charge in [-0.1, -0.05) is 6.92 Å². The number of carbonyl (C=O) groups excluding carboxylic acids is 1. The summed E-state index contributed by atoms with van der Waals surface area (Å²) in [7, 11) is 0. The number of ether oxygens (including phenoxy) is 4. The monoisotopic (exact) mass is 534 g/mol. The second-order valence-electron chi connectivity index (χ2n) is 13.7. The van der Waals surface area contributed by atoms with Crippen LogP contribution in [0.15, 0.2) is 11.6 Å². The van der Waals surface area contributed by atoms with E-state index in [9.17, 15) is 25.2 Å². The lowest BCUT2D eigenvalue weighted by Crippen LogP contribution is -2.71. The van der Waals surface area contributed by atoms with E-state index in [1.165, 1.54) is 0 Å². The highest BCUT2D eigenvalue weighted by atomic mass is 16.8. The van der Waals surface area contributed by atoms with E-state index in [1.54, 1.807) is 6.08 Å². The van der Waals surface area contributed by atoms with E-state index in [4.69, 9.17) is 18.9 Å². The molecule has 2 saturated heterocycles. The molecular formula is C29H42O9. The highest BCUT2D eigenvalue weighted by molar-refractivity contribution is 5.85. The zero-order chi connectivity index (χ0) is 26.7. The lowest BCUT2D eigenvalue weighted by atomic mass is 9.42. The van der Waals surface area contributed by atoms with Crippen LogP contribution in [0.4, 0.5) is 0 Å². The molecular weight excluding hydrogens is 492 g/mol. The van der Waals surface area contributed by atoms with Crippen LogP contribution < -0.4 is 0 Å². The summed E-state index contributed by atoms with van der Waals surface area (Å²) in [6.45, 7) is 4.36. The highest BCUT2D eigenvalue weighted by Gasteiger charge is 2.70. The normalized spacial score (nSPS) is 57.6. The third-order valence-corrected chi connectivity index (χ3v) is 12.3. The van der Waals surface area contributed by atoms with E-state index < -0.39 is 35.3 Å². The first-order chi connectivity index (χ1) is 18.0. The molecule has 0 bridgehead atoms. The topological polar surface area (TPSA) is 135 Å². The molecule has 13 atom stereocenters. The van der Waals surface area contributed by atoms with Crippen LogP contribution in [0.3, 0.4) is 0 Å². The van der Waals surface area contributed by atoms with Gasteiger partial charge in [0.2, 0.25) is 12.1 Å². The van der Waals surface area contributed by atoms with Crippen molar-refractivity contribution in [2.24, 2.45) is 34.5 Å². The second-order valence-corrected chi connectivity index (χ2v) is 13.7. The summed E-state index contributed by atoms with van der Waals surface area (Å²) in [6.07, 6.45) is 4.93. The van der Waals surface area contributed by atoms with Gasteiger partial charge in [0.25, 0.3) is 0 Å². The molecule has 0 amide bonds. The maximum Gasteiger partial charge on any atom is 0.331 e. The van der Waals surface area contributed by atoms with E-state index in [1.807, 2.05) is 6.92 Å². The number of fused-ring (bicyclic) bond motifs is 7. The molecule has 9 heteroatoms. The molecule has 0 spiro atoms. The Hall–Kier alpha value is -1.07. The molecule has 7 aliphatic rings. The average Bonchev–Trinajstić information content (AvgIpc) is 3.42. The summed E-state index contributed by atoms with van der Waals surface area (Å²) in [4.78, 5) is 11.8. The predicted molar refractivity (Wildman–Crippen MR) is 132 cm³/mol. The minimum absolute atomic E-state index is 0.00687. The van der Waals surface area contributed by atoms with E-state index in [2.05, 4.69) is 6.92 Å². The van der Waals surface area contributed by atoms with Crippen LogP contribution in [0, 0.1) is 34.5 Å². The van der Waals surface area contributed by atoms with Crippen LogP contribution in [-0.2, 0) is 23.7 Å². The van der Waals surface area contributed by atoms with Gasteiger partial charge in [0, 0.05) is 29.9 Å². The highest BCUT2D eigenvalue weighted by Crippen LogP contribution is 2.70. The van der Waals surface area contributed by atoms with Gasteiger partial charge in [-0.05, 0) is 87.5 Å². The third kappa shape index (κ3) is 3.27. The molecule has 7 rings (SSSR count). The second kappa shape index (κ2) is 8.47. The molecule has 0 aromatic carbocycles.